The summed E-state index contributed by atoms with van der Waals surface area (Å²) in [5, 5.41) is 0. The van der Waals surface area contributed by atoms with Crippen molar-refractivity contribution in [2.24, 2.45) is 5.73 Å². The second-order valence-corrected chi connectivity index (χ2v) is 8.33. The Morgan fingerprint density at radius 2 is 1.56 bits per heavy atom. The van der Waals surface area contributed by atoms with Crippen LogP contribution in [0.4, 0.5) is 0 Å². The van der Waals surface area contributed by atoms with Gasteiger partial charge in [0.15, 0.2) is 5.78 Å². The van der Waals surface area contributed by atoms with Crippen molar-refractivity contribution in [2.75, 3.05) is 6.54 Å². The van der Waals surface area contributed by atoms with Crippen LogP contribution < -0.4 is 14.8 Å². The van der Waals surface area contributed by atoms with Gasteiger partial charge >= 0.3 is 7.60 Å². The van der Waals surface area contributed by atoms with Crippen molar-refractivity contribution in [1.82, 2.24) is 4.90 Å². The Hall–Kier alpha value is -2.01. The third-order valence-electron chi connectivity index (χ3n) is 4.21. The van der Waals surface area contributed by atoms with Crippen LogP contribution >= 0.6 is 20.0 Å². The number of hydrogen-bond acceptors (Lipinski definition) is 5. The fraction of sp³-hybridized carbons (Fsp3) is 0.316. The quantitative estimate of drug-likeness (QED) is 0.726. The van der Waals surface area contributed by atoms with Crippen molar-refractivity contribution in [3.63, 3.8) is 0 Å². The number of halogens is 1. The summed E-state index contributed by atoms with van der Waals surface area (Å²) in [6.45, 7) is 2.12. The van der Waals surface area contributed by atoms with Gasteiger partial charge in [0.25, 0.3) is 0 Å². The molecule has 1 aliphatic heterocycles. The number of amides is 1. The molecule has 1 amide bonds. The minimum absolute atomic E-state index is 0. The van der Waals surface area contributed by atoms with Gasteiger partial charge in [0.1, 0.15) is 11.5 Å². The van der Waals surface area contributed by atoms with Crippen LogP contribution in [0.3, 0.4) is 0 Å². The van der Waals surface area contributed by atoms with E-state index in [2.05, 4.69) is 0 Å². The highest BCUT2D eigenvalue weighted by molar-refractivity contribution is 7.55. The summed E-state index contributed by atoms with van der Waals surface area (Å²) in [5.41, 5.74) is 5.76. The van der Waals surface area contributed by atoms with Crippen LogP contribution in [-0.4, -0.2) is 29.2 Å². The fourth-order valence-electron chi connectivity index (χ4n) is 2.99. The van der Waals surface area contributed by atoms with Crippen LogP contribution in [0, 0.1) is 0 Å². The zero-order valence-corrected chi connectivity index (χ0v) is 16.8. The average Bonchev–Trinajstić information content (AvgIpc) is 3.13. The molecule has 146 valence electrons. The lowest BCUT2D eigenvalue weighted by Crippen LogP contribution is -2.45. The number of benzene rings is 2. The van der Waals surface area contributed by atoms with Crippen LogP contribution in [0.15, 0.2) is 60.7 Å². The molecule has 1 heterocycles. The third kappa shape index (κ3) is 5.04. The number of likely N-dealkylation sites (tertiary alicyclic amines) is 1. The molecule has 0 saturated carbocycles. The topological polar surface area (TPSA) is 81.9 Å². The second-order valence-electron chi connectivity index (χ2n) is 6.29. The lowest BCUT2D eigenvalue weighted by atomic mass is 10.3. The van der Waals surface area contributed by atoms with Gasteiger partial charge in [0.05, 0.1) is 6.04 Å². The first kappa shape index (κ1) is 21.3. The predicted octanol–water partition coefficient (Wildman–Crippen LogP) is 4.06. The van der Waals surface area contributed by atoms with Gasteiger partial charge in [-0.1, -0.05) is 36.4 Å². The molecule has 0 radical (unpaired) electrons. The molecule has 0 aliphatic carbocycles. The van der Waals surface area contributed by atoms with E-state index in [1.54, 1.807) is 55.5 Å². The maximum Gasteiger partial charge on any atom is 0.453 e. The Morgan fingerprint density at radius 1 is 1.07 bits per heavy atom. The van der Waals surface area contributed by atoms with E-state index in [1.807, 2.05) is 12.1 Å². The van der Waals surface area contributed by atoms with Crippen molar-refractivity contribution in [3.8, 4) is 11.5 Å². The molecule has 1 aliphatic rings. The molecule has 0 unspecified atom stereocenters. The largest absolute Gasteiger partial charge is 0.453 e. The fourth-order valence-corrected chi connectivity index (χ4v) is 5.17. The van der Waals surface area contributed by atoms with Crippen LogP contribution in [0.2, 0.25) is 0 Å². The maximum atomic E-state index is 13.8. The number of rotatable bonds is 6. The summed E-state index contributed by atoms with van der Waals surface area (Å²) in [7, 11) is -3.71. The van der Waals surface area contributed by atoms with Gasteiger partial charge in [-0.15, -0.1) is 12.4 Å². The Bertz CT molecular complexity index is 743. The van der Waals surface area contributed by atoms with E-state index in [9.17, 15) is 9.36 Å². The SMILES string of the molecule is C[C@H](N)C(=O)N1CCC[C@H]1P(=O)(Oc1ccccc1)Oc1ccccc1.Cl. The molecule has 8 heteroatoms. The highest BCUT2D eigenvalue weighted by Gasteiger charge is 2.48. The average molecular weight is 411 g/mol. The first-order chi connectivity index (χ1) is 12.5. The van der Waals surface area contributed by atoms with Crippen molar-refractivity contribution in [3.05, 3.63) is 60.7 Å². The molecule has 6 nitrogen and oxygen atoms in total. The van der Waals surface area contributed by atoms with Gasteiger partial charge in [-0.2, -0.15) is 0 Å². The molecule has 0 bridgehead atoms. The Labute approximate surface area is 165 Å². The lowest BCUT2D eigenvalue weighted by Gasteiger charge is -2.31. The highest BCUT2D eigenvalue weighted by atomic mass is 35.5. The molecule has 0 aromatic heterocycles. The second kappa shape index (κ2) is 9.27. The van der Waals surface area contributed by atoms with Crippen molar-refractivity contribution < 1.29 is 18.4 Å². The van der Waals surface area contributed by atoms with Crippen LogP contribution in [0.5, 0.6) is 11.5 Å². The minimum atomic E-state index is -3.71. The van der Waals surface area contributed by atoms with Gasteiger partial charge in [0, 0.05) is 6.54 Å². The molecule has 2 N–H and O–H groups in total. The summed E-state index contributed by atoms with van der Waals surface area (Å²) < 4.78 is 25.5. The predicted molar refractivity (Wildman–Crippen MR) is 107 cm³/mol. The molecule has 27 heavy (non-hydrogen) atoms. The summed E-state index contributed by atoms with van der Waals surface area (Å²) in [6.07, 6.45) is 1.26. The van der Waals surface area contributed by atoms with Gasteiger partial charge < -0.3 is 19.7 Å². The number of nitrogens with two attached hydrogens (primary N) is 1. The zero-order valence-electron chi connectivity index (χ0n) is 15.1. The van der Waals surface area contributed by atoms with Crippen molar-refractivity contribution in [2.45, 2.75) is 31.6 Å². The standard InChI is InChI=1S/C19H23N2O4P.ClH/c1-15(20)19(22)21-14-8-13-18(21)26(23,24-16-9-4-2-5-10-16)25-17-11-6-3-7-12-17;/h2-7,9-12,15,18H,8,13-14,20H2,1H3;1H/t15-,18+;/m0./s1. The minimum Gasteiger partial charge on any atom is -0.415 e. The normalized spacial score (nSPS) is 17.7. The zero-order chi connectivity index (χ0) is 18.6. The van der Waals surface area contributed by atoms with Gasteiger partial charge in [-0.25, -0.2) is 4.57 Å². The summed E-state index contributed by atoms with van der Waals surface area (Å²) in [5.74, 6) is -0.0406. The molecule has 2 aromatic rings. The van der Waals surface area contributed by atoms with E-state index in [-0.39, 0.29) is 18.3 Å². The first-order valence-electron chi connectivity index (χ1n) is 8.65. The number of hydrogen-bond donors (Lipinski definition) is 1. The Morgan fingerprint density at radius 3 is 2.00 bits per heavy atom. The maximum absolute atomic E-state index is 13.8. The monoisotopic (exact) mass is 410 g/mol. The molecular weight excluding hydrogens is 387 g/mol. The number of carbonyl (C=O) groups excluding carboxylic acids is 1. The molecule has 0 spiro atoms. The Balaban J connectivity index is 0.00000261. The van der Waals surface area contributed by atoms with E-state index >= 15 is 0 Å². The van der Waals surface area contributed by atoms with Crippen LogP contribution in [-0.2, 0) is 9.36 Å². The number of para-hydroxylation sites is 2. The van der Waals surface area contributed by atoms with Crippen molar-refractivity contribution >= 4 is 25.9 Å². The summed E-state index contributed by atoms with van der Waals surface area (Å²) >= 11 is 0. The van der Waals surface area contributed by atoms with Gasteiger partial charge in [-0.3, -0.25) is 4.79 Å². The number of carbonyl (C=O) groups is 1. The smallest absolute Gasteiger partial charge is 0.415 e. The molecule has 3 rings (SSSR count). The molecular formula is C19H24ClN2O4P. The molecule has 1 saturated heterocycles. The third-order valence-corrected chi connectivity index (χ3v) is 6.41. The first-order valence-corrected chi connectivity index (χ1v) is 10.3. The van der Waals surface area contributed by atoms with Crippen LogP contribution in [0.1, 0.15) is 19.8 Å². The van der Waals surface area contributed by atoms with Gasteiger partial charge in [0.2, 0.25) is 5.91 Å². The molecule has 2 aromatic carbocycles. The summed E-state index contributed by atoms with van der Waals surface area (Å²) in [6, 6.07) is 17.1. The summed E-state index contributed by atoms with van der Waals surface area (Å²) in [4.78, 5) is 14.0. The molecule has 2 atom stereocenters. The van der Waals surface area contributed by atoms with Crippen molar-refractivity contribution in [1.29, 1.82) is 0 Å². The van der Waals surface area contributed by atoms with E-state index in [0.29, 0.717) is 24.5 Å². The van der Waals surface area contributed by atoms with E-state index in [1.165, 1.54) is 4.90 Å². The van der Waals surface area contributed by atoms with Crippen LogP contribution in [0.25, 0.3) is 0 Å². The van der Waals surface area contributed by atoms with E-state index in [0.717, 1.165) is 6.42 Å². The van der Waals surface area contributed by atoms with E-state index in [4.69, 9.17) is 14.8 Å². The highest BCUT2D eigenvalue weighted by Crippen LogP contribution is 2.56. The van der Waals surface area contributed by atoms with Gasteiger partial charge in [-0.05, 0) is 44.0 Å². The van der Waals surface area contributed by atoms with E-state index < -0.39 is 19.4 Å². The molecule has 1 fully saturated rings. The number of nitrogens with zero attached hydrogens (tertiary/aromatic N) is 1. The Kier molecular flexibility index (Phi) is 7.31. The lowest BCUT2D eigenvalue weighted by molar-refractivity contribution is -0.132.